The molecule has 0 aliphatic heterocycles. The monoisotopic (exact) mass is 444 g/mol. The smallest absolute Gasteiger partial charge is 0.267 e. The third kappa shape index (κ3) is 3.34. The molecule has 0 saturated heterocycles. The molecule has 0 saturated carbocycles. The second kappa shape index (κ2) is 7.97. The first-order valence-corrected chi connectivity index (χ1v) is 10.3. The van der Waals surface area contributed by atoms with Crippen molar-refractivity contribution >= 4 is 34.1 Å². The Labute approximate surface area is 187 Å². The largest absolute Gasteiger partial charge is 0.360 e. The van der Waals surface area contributed by atoms with Crippen LogP contribution >= 0.6 is 11.6 Å². The molecule has 9 heteroatoms. The number of nitrogens with one attached hydrogen (secondary N) is 1. The molecule has 8 nitrogen and oxygen atoms in total. The number of aromatic nitrogens is 5. The van der Waals surface area contributed by atoms with E-state index >= 15 is 0 Å². The molecule has 1 atom stereocenters. The lowest BCUT2D eigenvalue weighted by Crippen LogP contribution is -2.28. The van der Waals surface area contributed by atoms with Crippen LogP contribution in [-0.2, 0) is 6.42 Å². The predicted molar refractivity (Wildman–Crippen MR) is 121 cm³/mol. The second-order valence-electron chi connectivity index (χ2n) is 7.34. The van der Waals surface area contributed by atoms with Gasteiger partial charge in [0.15, 0.2) is 5.78 Å². The van der Waals surface area contributed by atoms with E-state index in [-0.39, 0.29) is 11.3 Å². The van der Waals surface area contributed by atoms with E-state index in [0.717, 1.165) is 0 Å². The summed E-state index contributed by atoms with van der Waals surface area (Å²) < 4.78 is 1.48. The Morgan fingerprint density at radius 1 is 1.16 bits per heavy atom. The highest BCUT2D eigenvalue weighted by molar-refractivity contribution is 6.35. The molecule has 158 valence electrons. The number of rotatable bonds is 4. The molecular formula is C23H17ClN6O2. The van der Waals surface area contributed by atoms with Gasteiger partial charge in [-0.25, -0.2) is 15.0 Å². The molecule has 3 heterocycles. The summed E-state index contributed by atoms with van der Waals surface area (Å²) in [5.41, 5.74) is 1.82. The number of allylic oxidation sites excluding steroid dienone is 2. The van der Waals surface area contributed by atoms with E-state index in [2.05, 4.69) is 20.3 Å². The van der Waals surface area contributed by atoms with Crippen LogP contribution in [0.1, 0.15) is 34.8 Å². The number of carbonyl (C=O) groups excluding carboxylic acids is 1. The maximum atomic E-state index is 13.5. The van der Waals surface area contributed by atoms with Gasteiger partial charge in [0.25, 0.3) is 5.56 Å². The van der Waals surface area contributed by atoms with Gasteiger partial charge in [-0.2, -0.15) is 0 Å². The minimum atomic E-state index is -0.482. The molecule has 5 rings (SSSR count). The van der Waals surface area contributed by atoms with Gasteiger partial charge in [0.1, 0.15) is 18.0 Å². The Balaban J connectivity index is 1.68. The number of carbonyl (C=O) groups is 1. The molecule has 4 aromatic rings. The van der Waals surface area contributed by atoms with Crippen LogP contribution in [0.5, 0.6) is 0 Å². The average Bonchev–Trinajstić information content (AvgIpc) is 2.79. The molecule has 1 N–H and O–H groups in total. The van der Waals surface area contributed by atoms with E-state index in [1.165, 1.54) is 17.0 Å². The fourth-order valence-corrected chi connectivity index (χ4v) is 4.06. The third-order valence-corrected chi connectivity index (χ3v) is 5.58. The summed E-state index contributed by atoms with van der Waals surface area (Å²) in [5, 5.41) is 3.91. The summed E-state index contributed by atoms with van der Waals surface area (Å²) in [7, 11) is 0. The molecule has 1 aliphatic rings. The van der Waals surface area contributed by atoms with E-state index in [1.54, 1.807) is 48.8 Å². The predicted octanol–water partition coefficient (Wildman–Crippen LogP) is 3.69. The quantitative estimate of drug-likeness (QED) is 0.512. The molecule has 1 aliphatic carbocycles. The van der Waals surface area contributed by atoms with Crippen LogP contribution in [0, 0.1) is 0 Å². The SMILES string of the molecule is C[C@H](Nc1ncnc2c1C(=O)C=CC2)c1nc2cccc(Cl)c2c(=O)n1-c1cccnc1. The zero-order valence-corrected chi connectivity index (χ0v) is 17.7. The molecule has 0 radical (unpaired) electrons. The van der Waals surface area contributed by atoms with Crippen LogP contribution < -0.4 is 10.9 Å². The van der Waals surface area contributed by atoms with Gasteiger partial charge in [-0.15, -0.1) is 0 Å². The Morgan fingerprint density at radius 2 is 2.03 bits per heavy atom. The van der Waals surface area contributed by atoms with Crippen molar-refractivity contribution in [1.82, 2.24) is 24.5 Å². The maximum Gasteiger partial charge on any atom is 0.267 e. The van der Waals surface area contributed by atoms with Crippen molar-refractivity contribution in [3.8, 4) is 5.69 Å². The molecule has 0 spiro atoms. The summed E-state index contributed by atoms with van der Waals surface area (Å²) in [5.74, 6) is 0.670. The molecule has 0 bridgehead atoms. The number of fused-ring (bicyclic) bond motifs is 2. The second-order valence-corrected chi connectivity index (χ2v) is 7.74. The lowest BCUT2D eigenvalue weighted by Gasteiger charge is -2.22. The first-order chi connectivity index (χ1) is 15.5. The molecule has 0 amide bonds. The number of benzene rings is 1. The zero-order chi connectivity index (χ0) is 22.2. The van der Waals surface area contributed by atoms with Crippen LogP contribution in [0.15, 0.2) is 66.0 Å². The topological polar surface area (TPSA) is 103 Å². The summed E-state index contributed by atoms with van der Waals surface area (Å²) >= 11 is 6.33. The Hall–Kier alpha value is -3.91. The number of hydrogen-bond donors (Lipinski definition) is 1. The lowest BCUT2D eigenvalue weighted by molar-refractivity contribution is 0.104. The van der Waals surface area contributed by atoms with Crippen LogP contribution in [0.25, 0.3) is 16.6 Å². The molecule has 32 heavy (non-hydrogen) atoms. The minimum absolute atomic E-state index is 0.163. The van der Waals surface area contributed by atoms with Crippen molar-refractivity contribution < 1.29 is 4.79 Å². The maximum absolute atomic E-state index is 13.5. The Kier molecular flexibility index (Phi) is 4.99. The van der Waals surface area contributed by atoms with E-state index in [9.17, 15) is 9.59 Å². The number of nitrogens with zero attached hydrogens (tertiary/aromatic N) is 5. The number of pyridine rings is 1. The van der Waals surface area contributed by atoms with E-state index in [4.69, 9.17) is 16.6 Å². The van der Waals surface area contributed by atoms with Crippen LogP contribution in [0.4, 0.5) is 5.82 Å². The molecule has 0 unspecified atom stereocenters. The van der Waals surface area contributed by atoms with Crippen molar-refractivity contribution in [3.63, 3.8) is 0 Å². The summed E-state index contributed by atoms with van der Waals surface area (Å²) in [6.45, 7) is 1.85. The fourth-order valence-electron chi connectivity index (χ4n) is 3.81. The Morgan fingerprint density at radius 3 is 2.84 bits per heavy atom. The standard InChI is InChI=1S/C23H17ClN6O2/c1-13(28-21-20-16(26-12-27-21)7-3-9-18(20)31)22-29-17-8-2-6-15(24)19(17)23(32)30(22)14-5-4-10-25-11-14/h2-6,8-13H,7H2,1H3,(H,26,27,28)/t13-/m0/s1. The fraction of sp³-hybridized carbons (Fsp3) is 0.130. The average molecular weight is 445 g/mol. The van der Waals surface area contributed by atoms with Gasteiger partial charge in [-0.05, 0) is 37.3 Å². The number of halogens is 1. The molecule has 3 aromatic heterocycles. The van der Waals surface area contributed by atoms with Gasteiger partial charge in [0.2, 0.25) is 0 Å². The first kappa shape index (κ1) is 20.0. The van der Waals surface area contributed by atoms with Gasteiger partial charge in [0, 0.05) is 12.6 Å². The highest BCUT2D eigenvalue weighted by atomic mass is 35.5. The normalized spacial score (nSPS) is 13.8. The van der Waals surface area contributed by atoms with Gasteiger partial charge >= 0.3 is 0 Å². The van der Waals surface area contributed by atoms with E-state index in [1.807, 2.05) is 6.92 Å². The molecule has 1 aromatic carbocycles. The minimum Gasteiger partial charge on any atom is -0.360 e. The highest BCUT2D eigenvalue weighted by Gasteiger charge is 2.24. The van der Waals surface area contributed by atoms with Gasteiger partial charge in [-0.3, -0.25) is 19.1 Å². The third-order valence-electron chi connectivity index (χ3n) is 5.27. The first-order valence-electron chi connectivity index (χ1n) is 9.97. The zero-order valence-electron chi connectivity index (χ0n) is 17.0. The lowest BCUT2D eigenvalue weighted by atomic mass is 10.0. The van der Waals surface area contributed by atoms with E-state index in [0.29, 0.717) is 50.9 Å². The summed E-state index contributed by atoms with van der Waals surface area (Å²) in [6.07, 6.45) is 8.48. The van der Waals surface area contributed by atoms with Crippen LogP contribution in [0.3, 0.4) is 0 Å². The van der Waals surface area contributed by atoms with Crippen molar-refractivity contribution in [3.05, 3.63) is 93.7 Å². The van der Waals surface area contributed by atoms with Gasteiger partial charge in [-0.1, -0.05) is 23.7 Å². The van der Waals surface area contributed by atoms with Gasteiger partial charge in [0.05, 0.1) is 45.1 Å². The van der Waals surface area contributed by atoms with Crippen molar-refractivity contribution in [1.29, 1.82) is 0 Å². The van der Waals surface area contributed by atoms with Crippen molar-refractivity contribution in [2.24, 2.45) is 0 Å². The van der Waals surface area contributed by atoms with Gasteiger partial charge < -0.3 is 5.32 Å². The van der Waals surface area contributed by atoms with E-state index < -0.39 is 6.04 Å². The Bertz CT molecular complexity index is 1450. The molecule has 0 fully saturated rings. The highest BCUT2D eigenvalue weighted by Crippen LogP contribution is 2.27. The number of hydrogen-bond acceptors (Lipinski definition) is 7. The number of ketones is 1. The van der Waals surface area contributed by atoms with Crippen molar-refractivity contribution in [2.75, 3.05) is 5.32 Å². The van der Waals surface area contributed by atoms with Crippen LogP contribution in [0.2, 0.25) is 5.02 Å². The number of anilines is 1. The summed E-state index contributed by atoms with van der Waals surface area (Å²) in [4.78, 5) is 43.4. The van der Waals surface area contributed by atoms with Crippen LogP contribution in [-0.4, -0.2) is 30.3 Å². The molecular weight excluding hydrogens is 428 g/mol. The van der Waals surface area contributed by atoms with Crippen molar-refractivity contribution in [2.45, 2.75) is 19.4 Å². The summed E-state index contributed by atoms with van der Waals surface area (Å²) in [6, 6.07) is 8.19.